The van der Waals surface area contributed by atoms with Gasteiger partial charge in [-0.05, 0) is 76.2 Å². The van der Waals surface area contributed by atoms with Gasteiger partial charge in [-0.3, -0.25) is 19.4 Å². The first-order valence-corrected chi connectivity index (χ1v) is 15.8. The minimum atomic E-state index is -0.894. The van der Waals surface area contributed by atoms with Crippen LogP contribution in [0.5, 0.6) is 11.5 Å². The molecule has 6 N–H and O–H groups in total. The van der Waals surface area contributed by atoms with E-state index in [-0.39, 0.29) is 49.6 Å². The van der Waals surface area contributed by atoms with Crippen LogP contribution in [-0.4, -0.2) is 105 Å². The monoisotopic (exact) mass is 639 g/mol. The van der Waals surface area contributed by atoms with Crippen LogP contribution in [0.2, 0.25) is 0 Å². The normalized spacial score (nSPS) is 24.3. The van der Waals surface area contributed by atoms with Crippen LogP contribution < -0.4 is 31.6 Å². The molecule has 1 aromatic rings. The summed E-state index contributed by atoms with van der Waals surface area (Å²) in [5.41, 5.74) is 12.9. The molecule has 5 rings (SSSR count). The first-order valence-electron chi connectivity index (χ1n) is 15.8. The Kier molecular flexibility index (Phi) is 9.75. The maximum absolute atomic E-state index is 13.3. The van der Waals surface area contributed by atoms with Crippen molar-refractivity contribution >= 4 is 29.7 Å². The Hall–Kier alpha value is -4.33. The van der Waals surface area contributed by atoms with Gasteiger partial charge in [-0.15, -0.1) is 0 Å². The number of likely N-dealkylation sites (N-methyl/N-ethyl adjacent to an activating group) is 2. The number of benzene rings is 1. The minimum absolute atomic E-state index is 0.0669. The molecule has 2 bridgehead atoms. The molecule has 14 nitrogen and oxygen atoms in total. The Bertz CT molecular complexity index is 1440. The van der Waals surface area contributed by atoms with Crippen LogP contribution in [0, 0.1) is 5.92 Å². The summed E-state index contributed by atoms with van der Waals surface area (Å²) in [5, 5.41) is 5.36. The fourth-order valence-corrected chi connectivity index (χ4v) is 7.55. The molecule has 1 aromatic carbocycles. The van der Waals surface area contributed by atoms with Crippen LogP contribution in [0.1, 0.15) is 50.2 Å². The SMILES string of the molecule is COc1ccc2c3c1O[C@H]1C(OC(=O)N(C)CCNC(=O)[C@H](CCCN=C(N)N)NC(=O)CC(C)=O)=CC[C@H]4[C@@H](C2)N(C)CC[C@]314. The molecule has 2 aliphatic heterocycles. The van der Waals surface area contributed by atoms with E-state index in [0.717, 1.165) is 31.6 Å². The summed E-state index contributed by atoms with van der Waals surface area (Å²) in [5.74, 6) is 0.891. The smallest absolute Gasteiger partial charge is 0.414 e. The Labute approximate surface area is 268 Å². The lowest BCUT2D eigenvalue weighted by Gasteiger charge is -2.56. The van der Waals surface area contributed by atoms with Gasteiger partial charge < -0.3 is 46.1 Å². The zero-order valence-electron chi connectivity index (χ0n) is 27.0. The number of nitrogens with one attached hydrogen (secondary N) is 2. The molecule has 2 heterocycles. The molecule has 250 valence electrons. The summed E-state index contributed by atoms with van der Waals surface area (Å²) in [6, 6.07) is 3.57. The molecule has 1 spiro atoms. The number of nitrogens with zero attached hydrogens (tertiary/aromatic N) is 3. The predicted octanol–water partition coefficient (Wildman–Crippen LogP) is 0.560. The van der Waals surface area contributed by atoms with Crippen LogP contribution in [0.4, 0.5) is 4.79 Å². The molecule has 2 aliphatic carbocycles. The number of Topliss-reactive ketones (excluding diaryl/α,β-unsaturated/α-hetero) is 1. The summed E-state index contributed by atoms with van der Waals surface area (Å²) in [6.45, 7) is 2.77. The van der Waals surface area contributed by atoms with E-state index in [4.69, 9.17) is 25.7 Å². The Morgan fingerprint density at radius 3 is 2.76 bits per heavy atom. The molecular formula is C32H45N7O7. The number of methoxy groups -OCH3 is 1. The summed E-state index contributed by atoms with van der Waals surface area (Å²) in [7, 11) is 5.41. The quantitative estimate of drug-likeness (QED) is 0.103. The molecule has 0 aromatic heterocycles. The maximum Gasteiger partial charge on any atom is 0.414 e. The van der Waals surface area contributed by atoms with Crippen molar-refractivity contribution in [1.29, 1.82) is 0 Å². The first kappa shape index (κ1) is 33.0. The number of allylic oxidation sites excluding steroid dienone is 1. The van der Waals surface area contributed by atoms with Gasteiger partial charge in [-0.2, -0.15) is 0 Å². The third kappa shape index (κ3) is 6.35. The zero-order chi connectivity index (χ0) is 33.2. The second-order valence-corrected chi connectivity index (χ2v) is 12.6. The largest absolute Gasteiger partial charge is 0.493 e. The van der Waals surface area contributed by atoms with Gasteiger partial charge in [0, 0.05) is 43.7 Å². The fourth-order valence-electron chi connectivity index (χ4n) is 7.55. The van der Waals surface area contributed by atoms with Gasteiger partial charge in [-0.25, -0.2) is 4.79 Å². The number of ketones is 1. The van der Waals surface area contributed by atoms with E-state index in [1.165, 1.54) is 23.0 Å². The zero-order valence-corrected chi connectivity index (χ0v) is 27.0. The van der Waals surface area contributed by atoms with Crippen molar-refractivity contribution in [3.05, 3.63) is 35.1 Å². The minimum Gasteiger partial charge on any atom is -0.493 e. The Morgan fingerprint density at radius 1 is 1.26 bits per heavy atom. The third-order valence-electron chi connectivity index (χ3n) is 9.70. The van der Waals surface area contributed by atoms with Gasteiger partial charge in [0.1, 0.15) is 17.6 Å². The average Bonchev–Trinajstić information content (AvgIpc) is 3.36. The lowest BCUT2D eigenvalue weighted by Crippen LogP contribution is -2.63. The van der Waals surface area contributed by atoms with E-state index in [1.54, 1.807) is 14.2 Å². The number of rotatable bonds is 13. The van der Waals surface area contributed by atoms with E-state index in [2.05, 4.69) is 33.6 Å². The van der Waals surface area contributed by atoms with Gasteiger partial charge in [-0.1, -0.05) is 6.07 Å². The van der Waals surface area contributed by atoms with Gasteiger partial charge in [0.2, 0.25) is 11.8 Å². The Morgan fingerprint density at radius 2 is 2.04 bits per heavy atom. The van der Waals surface area contributed by atoms with Gasteiger partial charge in [0.15, 0.2) is 23.6 Å². The molecule has 0 radical (unpaired) electrons. The van der Waals surface area contributed by atoms with Crippen molar-refractivity contribution in [3.63, 3.8) is 0 Å². The highest BCUT2D eigenvalue weighted by atomic mass is 16.6. The molecule has 5 atom stereocenters. The summed E-state index contributed by atoms with van der Waals surface area (Å²) < 4.78 is 18.3. The van der Waals surface area contributed by atoms with Crippen molar-refractivity contribution < 1.29 is 33.4 Å². The van der Waals surface area contributed by atoms with Crippen molar-refractivity contribution in [2.75, 3.05) is 47.4 Å². The number of likely N-dealkylation sites (tertiary alicyclic amines) is 1. The molecule has 0 unspecified atom stereocenters. The van der Waals surface area contributed by atoms with Gasteiger partial charge in [0.05, 0.1) is 13.5 Å². The van der Waals surface area contributed by atoms with Crippen molar-refractivity contribution in [2.45, 2.75) is 69.1 Å². The number of carbonyl (C=O) groups excluding carboxylic acids is 4. The number of amides is 3. The maximum atomic E-state index is 13.3. The first-order chi connectivity index (χ1) is 22.0. The molecular weight excluding hydrogens is 594 g/mol. The highest BCUT2D eigenvalue weighted by Gasteiger charge is 2.64. The van der Waals surface area contributed by atoms with E-state index < -0.39 is 30.1 Å². The highest BCUT2D eigenvalue weighted by molar-refractivity contribution is 5.98. The molecule has 14 heteroatoms. The summed E-state index contributed by atoms with van der Waals surface area (Å²) in [6.07, 6.45) is 3.95. The lowest BCUT2D eigenvalue weighted by molar-refractivity contribution is -0.131. The number of aliphatic imine (C=N–C) groups is 1. The van der Waals surface area contributed by atoms with Crippen LogP contribution in [-0.2, 0) is 31.0 Å². The van der Waals surface area contributed by atoms with E-state index in [0.29, 0.717) is 29.9 Å². The molecule has 0 saturated carbocycles. The third-order valence-corrected chi connectivity index (χ3v) is 9.70. The highest BCUT2D eigenvalue weighted by Crippen LogP contribution is 2.63. The van der Waals surface area contributed by atoms with Crippen LogP contribution in [0.15, 0.2) is 29.0 Å². The van der Waals surface area contributed by atoms with E-state index in [9.17, 15) is 19.2 Å². The van der Waals surface area contributed by atoms with Crippen molar-refractivity contribution in [2.24, 2.45) is 22.4 Å². The molecule has 1 fully saturated rings. The Balaban J connectivity index is 1.21. The second kappa shape index (κ2) is 13.6. The number of hydrogen-bond acceptors (Lipinski definition) is 9. The topological polar surface area (TPSA) is 191 Å². The molecule has 4 aliphatic rings. The van der Waals surface area contributed by atoms with Crippen LogP contribution in [0.25, 0.3) is 0 Å². The van der Waals surface area contributed by atoms with Crippen molar-refractivity contribution in [1.82, 2.24) is 20.4 Å². The van der Waals surface area contributed by atoms with Crippen LogP contribution >= 0.6 is 0 Å². The molecule has 1 saturated heterocycles. The number of piperidine rings is 1. The predicted molar refractivity (Wildman–Crippen MR) is 169 cm³/mol. The number of guanidine groups is 1. The number of ether oxygens (including phenoxy) is 3. The van der Waals surface area contributed by atoms with Gasteiger partial charge in [0.25, 0.3) is 0 Å². The number of nitrogens with two attached hydrogens (primary N) is 2. The van der Waals surface area contributed by atoms with Crippen molar-refractivity contribution in [3.8, 4) is 11.5 Å². The number of hydrogen-bond donors (Lipinski definition) is 4. The standard InChI is InChI=1S/C32H45N7O7/c1-18(40)16-25(41)37-21(6-5-12-36-30(33)34)29(42)35-13-15-39(3)31(43)45-24-10-8-20-22-17-19-7-9-23(44-4)27-26(19)32(20,28(24)46-27)11-14-38(22)2/h7,9-10,20-22,28H,5-6,8,11-17H2,1-4H3,(H,35,42)(H,37,41)(H4,33,34,36)/t20-,21-,22+,28-,32-/m0/s1. The average molecular weight is 640 g/mol. The summed E-state index contributed by atoms with van der Waals surface area (Å²) in [4.78, 5) is 57.6. The van der Waals surface area contributed by atoms with E-state index >= 15 is 0 Å². The molecule has 3 amide bonds. The molecule has 46 heavy (non-hydrogen) atoms. The van der Waals surface area contributed by atoms with Gasteiger partial charge >= 0.3 is 6.09 Å². The number of carbonyl (C=O) groups is 4. The lowest BCUT2D eigenvalue weighted by atomic mass is 9.53. The van der Waals surface area contributed by atoms with E-state index in [1.807, 2.05) is 12.1 Å². The van der Waals surface area contributed by atoms with Crippen LogP contribution in [0.3, 0.4) is 0 Å². The second-order valence-electron chi connectivity index (χ2n) is 12.6. The summed E-state index contributed by atoms with van der Waals surface area (Å²) >= 11 is 0. The fraction of sp³-hybridized carbons (Fsp3) is 0.594.